The van der Waals surface area contributed by atoms with E-state index in [0.29, 0.717) is 19.3 Å². The highest BCUT2D eigenvalue weighted by Crippen LogP contribution is 2.17. The van der Waals surface area contributed by atoms with Gasteiger partial charge in [-0.05, 0) is 44.9 Å². The Morgan fingerprint density at radius 2 is 0.508 bits per heavy atom. The van der Waals surface area contributed by atoms with Crippen LogP contribution in [-0.4, -0.2) is 37.2 Å². The maximum Gasteiger partial charge on any atom is 0.306 e. The number of unbranched alkanes of at least 4 members (excludes halogenated alkanes) is 41. The number of esters is 3. The van der Waals surface area contributed by atoms with E-state index in [0.717, 1.165) is 64.2 Å². The minimum absolute atomic E-state index is 0.0673. The largest absolute Gasteiger partial charge is 0.462 e. The Balaban J connectivity index is 4.32. The van der Waals surface area contributed by atoms with Crippen LogP contribution < -0.4 is 0 Å². The minimum atomic E-state index is -0.768. The molecule has 0 saturated heterocycles. The summed E-state index contributed by atoms with van der Waals surface area (Å²) < 4.78 is 16.9. The summed E-state index contributed by atoms with van der Waals surface area (Å²) in [4.78, 5) is 38.1. The van der Waals surface area contributed by atoms with Gasteiger partial charge in [0.2, 0.25) is 0 Å². The van der Waals surface area contributed by atoms with Gasteiger partial charge < -0.3 is 14.2 Å². The van der Waals surface area contributed by atoms with E-state index >= 15 is 0 Å². The third kappa shape index (κ3) is 53.0. The zero-order chi connectivity index (χ0) is 47.2. The van der Waals surface area contributed by atoms with Crippen LogP contribution in [0.2, 0.25) is 0 Å². The monoisotopic (exact) mass is 917 g/mol. The fraction of sp³-hybridized carbons (Fsp3) is 0.915. The standard InChI is InChI=1S/C59H112O6/c1-4-7-10-13-16-19-22-25-28-29-32-34-37-40-43-46-49-52-58(61)64-55-56(65-59(62)53-50-47-44-41-38-35-31-27-24-21-18-15-12-9-6-3)54-63-57(60)51-48-45-42-39-36-33-30-26-23-20-17-14-11-8-5-2/h27,31,56H,4-26,28-30,32-55H2,1-3H3/b31-27-/t56-/m1/s1. The summed E-state index contributed by atoms with van der Waals surface area (Å²) in [7, 11) is 0. The molecule has 0 amide bonds. The van der Waals surface area contributed by atoms with Crippen molar-refractivity contribution in [1.82, 2.24) is 0 Å². The molecule has 0 aromatic heterocycles. The molecule has 65 heavy (non-hydrogen) atoms. The molecule has 384 valence electrons. The van der Waals surface area contributed by atoms with Crippen LogP contribution in [0.4, 0.5) is 0 Å². The molecular formula is C59H112O6. The van der Waals surface area contributed by atoms with Gasteiger partial charge in [-0.25, -0.2) is 0 Å². The maximum absolute atomic E-state index is 12.8. The van der Waals surface area contributed by atoms with Gasteiger partial charge in [-0.3, -0.25) is 14.4 Å². The van der Waals surface area contributed by atoms with Crippen LogP contribution in [0.5, 0.6) is 0 Å². The number of rotatable bonds is 54. The molecule has 0 fully saturated rings. The van der Waals surface area contributed by atoms with E-state index in [2.05, 4.69) is 32.9 Å². The molecule has 0 N–H and O–H groups in total. The first-order valence-electron chi connectivity index (χ1n) is 29.2. The first-order chi connectivity index (χ1) is 32.0. The molecule has 0 bridgehead atoms. The molecule has 6 heteroatoms. The van der Waals surface area contributed by atoms with Crippen LogP contribution in [0, 0.1) is 0 Å². The van der Waals surface area contributed by atoms with Crippen LogP contribution >= 0.6 is 0 Å². The summed E-state index contributed by atoms with van der Waals surface area (Å²) in [5, 5.41) is 0. The van der Waals surface area contributed by atoms with Crippen molar-refractivity contribution < 1.29 is 28.6 Å². The summed E-state index contributed by atoms with van der Waals surface area (Å²) in [5.41, 5.74) is 0. The highest BCUT2D eigenvalue weighted by atomic mass is 16.6. The van der Waals surface area contributed by atoms with E-state index < -0.39 is 6.10 Å². The highest BCUT2D eigenvalue weighted by Gasteiger charge is 2.19. The number of hydrogen-bond donors (Lipinski definition) is 0. The zero-order valence-electron chi connectivity index (χ0n) is 44.0. The van der Waals surface area contributed by atoms with Crippen molar-refractivity contribution in [2.45, 2.75) is 335 Å². The second-order valence-electron chi connectivity index (χ2n) is 19.9. The number of carbonyl (C=O) groups excluding carboxylic acids is 3. The van der Waals surface area contributed by atoms with E-state index in [4.69, 9.17) is 14.2 Å². The van der Waals surface area contributed by atoms with Crippen LogP contribution in [-0.2, 0) is 28.6 Å². The van der Waals surface area contributed by atoms with Crippen LogP contribution in [0.15, 0.2) is 12.2 Å². The topological polar surface area (TPSA) is 78.9 Å². The molecule has 0 aromatic rings. The van der Waals surface area contributed by atoms with E-state index in [1.165, 1.54) is 225 Å². The number of ether oxygens (including phenoxy) is 3. The molecule has 0 aliphatic rings. The molecule has 0 radical (unpaired) electrons. The van der Waals surface area contributed by atoms with E-state index in [-0.39, 0.29) is 31.1 Å². The van der Waals surface area contributed by atoms with Gasteiger partial charge in [0.25, 0.3) is 0 Å². The first kappa shape index (κ1) is 63.1. The Morgan fingerprint density at radius 1 is 0.292 bits per heavy atom. The summed E-state index contributed by atoms with van der Waals surface area (Å²) in [5.74, 6) is -0.850. The second-order valence-corrected chi connectivity index (χ2v) is 19.9. The normalized spacial score (nSPS) is 12.0. The molecule has 0 saturated carbocycles. The Bertz CT molecular complexity index is 1010. The Morgan fingerprint density at radius 3 is 0.769 bits per heavy atom. The van der Waals surface area contributed by atoms with E-state index in [1.54, 1.807) is 0 Å². The molecule has 0 aliphatic carbocycles. The van der Waals surface area contributed by atoms with Gasteiger partial charge >= 0.3 is 17.9 Å². The number of carbonyl (C=O) groups is 3. The summed E-state index contributed by atoms with van der Waals surface area (Å²) in [6, 6.07) is 0. The third-order valence-electron chi connectivity index (χ3n) is 13.3. The number of allylic oxidation sites excluding steroid dienone is 2. The quantitative estimate of drug-likeness (QED) is 0.0262. The van der Waals surface area contributed by atoms with Crippen LogP contribution in [0.1, 0.15) is 329 Å². The Labute approximate surface area is 405 Å². The maximum atomic E-state index is 12.8. The van der Waals surface area contributed by atoms with Crippen molar-refractivity contribution in [3.63, 3.8) is 0 Å². The van der Waals surface area contributed by atoms with Crippen LogP contribution in [0.3, 0.4) is 0 Å². The van der Waals surface area contributed by atoms with E-state index in [9.17, 15) is 14.4 Å². The third-order valence-corrected chi connectivity index (χ3v) is 13.3. The van der Waals surface area contributed by atoms with Crippen molar-refractivity contribution in [3.8, 4) is 0 Å². The van der Waals surface area contributed by atoms with Gasteiger partial charge in [0, 0.05) is 19.3 Å². The molecule has 0 aromatic carbocycles. The highest BCUT2D eigenvalue weighted by molar-refractivity contribution is 5.71. The van der Waals surface area contributed by atoms with Gasteiger partial charge in [0.1, 0.15) is 13.2 Å². The molecule has 0 heterocycles. The average Bonchev–Trinajstić information content (AvgIpc) is 3.30. The van der Waals surface area contributed by atoms with Gasteiger partial charge in [-0.15, -0.1) is 0 Å². The van der Waals surface area contributed by atoms with Gasteiger partial charge in [0.05, 0.1) is 0 Å². The molecular weight excluding hydrogens is 805 g/mol. The average molecular weight is 918 g/mol. The summed E-state index contributed by atoms with van der Waals surface area (Å²) >= 11 is 0. The summed E-state index contributed by atoms with van der Waals surface area (Å²) in [6.07, 6.45) is 62.0. The van der Waals surface area contributed by atoms with Gasteiger partial charge in [0.15, 0.2) is 6.10 Å². The molecule has 6 nitrogen and oxygen atoms in total. The van der Waals surface area contributed by atoms with Crippen LogP contribution in [0.25, 0.3) is 0 Å². The van der Waals surface area contributed by atoms with Crippen molar-refractivity contribution in [1.29, 1.82) is 0 Å². The lowest BCUT2D eigenvalue weighted by atomic mass is 10.0. The zero-order valence-corrected chi connectivity index (χ0v) is 44.0. The molecule has 0 spiro atoms. The van der Waals surface area contributed by atoms with Crippen molar-refractivity contribution in [3.05, 3.63) is 12.2 Å². The SMILES string of the molecule is CCCCCCCC/C=C\CCCCCCCC(=O)O[C@H](COC(=O)CCCCCCCCCCCCCCCCC)COC(=O)CCCCCCCCCCCCCCCCCCC. The number of hydrogen-bond acceptors (Lipinski definition) is 6. The molecule has 0 rings (SSSR count). The fourth-order valence-corrected chi connectivity index (χ4v) is 8.85. The Kier molecular flexibility index (Phi) is 53.2. The lowest BCUT2D eigenvalue weighted by molar-refractivity contribution is -0.167. The Hall–Kier alpha value is -1.85. The lowest BCUT2D eigenvalue weighted by Crippen LogP contribution is -2.30. The van der Waals surface area contributed by atoms with Gasteiger partial charge in [-0.1, -0.05) is 277 Å². The fourth-order valence-electron chi connectivity index (χ4n) is 8.85. The first-order valence-corrected chi connectivity index (χ1v) is 29.2. The van der Waals surface area contributed by atoms with Crippen molar-refractivity contribution >= 4 is 17.9 Å². The second kappa shape index (κ2) is 54.8. The van der Waals surface area contributed by atoms with Crippen molar-refractivity contribution in [2.75, 3.05) is 13.2 Å². The lowest BCUT2D eigenvalue weighted by Gasteiger charge is -2.18. The molecule has 0 aliphatic heterocycles. The van der Waals surface area contributed by atoms with Crippen molar-refractivity contribution in [2.24, 2.45) is 0 Å². The van der Waals surface area contributed by atoms with Gasteiger partial charge in [-0.2, -0.15) is 0 Å². The molecule has 1 atom stereocenters. The minimum Gasteiger partial charge on any atom is -0.462 e. The molecule has 0 unspecified atom stereocenters. The summed E-state index contributed by atoms with van der Waals surface area (Å²) in [6.45, 7) is 6.69. The van der Waals surface area contributed by atoms with E-state index in [1.807, 2.05) is 0 Å². The smallest absolute Gasteiger partial charge is 0.306 e. The predicted octanol–water partition coefficient (Wildman–Crippen LogP) is 19.3. The predicted molar refractivity (Wildman–Crippen MR) is 280 cm³/mol.